The second-order valence-corrected chi connectivity index (χ2v) is 5.83. The zero-order chi connectivity index (χ0) is 18.0. The van der Waals surface area contributed by atoms with E-state index in [1.165, 1.54) is 7.11 Å². The van der Waals surface area contributed by atoms with Crippen molar-refractivity contribution in [3.05, 3.63) is 64.4 Å². The summed E-state index contributed by atoms with van der Waals surface area (Å²) >= 11 is 0. The number of carbonyl (C=O) groups excluding carboxylic acids is 2. The smallest absolute Gasteiger partial charge is 0.343 e. The minimum atomic E-state index is -0.477. The lowest BCUT2D eigenvalue weighted by molar-refractivity contribution is -0.142. The lowest BCUT2D eigenvalue weighted by Crippen LogP contribution is -2.12. The van der Waals surface area contributed by atoms with Crippen molar-refractivity contribution < 1.29 is 23.8 Å². The van der Waals surface area contributed by atoms with Crippen LogP contribution < -0.4 is 9.47 Å². The second kappa shape index (κ2) is 6.81. The maximum absolute atomic E-state index is 12.6. The van der Waals surface area contributed by atoms with Gasteiger partial charge >= 0.3 is 5.97 Å². The molecule has 3 rings (SSSR count). The minimum absolute atomic E-state index is 0.159. The SMILES string of the molecule is COC(=O)COc1cc(C)c2c(c1)O/C(=C\c1cccc(C)c1)C2=O. The van der Waals surface area contributed by atoms with Crippen molar-refractivity contribution in [1.82, 2.24) is 0 Å². The molecule has 0 atom stereocenters. The zero-order valence-electron chi connectivity index (χ0n) is 14.3. The van der Waals surface area contributed by atoms with Gasteiger partial charge in [0.1, 0.15) is 11.5 Å². The van der Waals surface area contributed by atoms with Crippen LogP contribution in [0, 0.1) is 13.8 Å². The molecule has 0 amide bonds. The summed E-state index contributed by atoms with van der Waals surface area (Å²) < 4.78 is 15.7. The zero-order valence-corrected chi connectivity index (χ0v) is 14.3. The maximum Gasteiger partial charge on any atom is 0.343 e. The Morgan fingerprint density at radius 1 is 1.20 bits per heavy atom. The molecule has 2 aromatic carbocycles. The van der Waals surface area contributed by atoms with Crippen LogP contribution in [-0.2, 0) is 9.53 Å². The van der Waals surface area contributed by atoms with Gasteiger partial charge in [-0.2, -0.15) is 0 Å². The predicted molar refractivity (Wildman–Crippen MR) is 92.8 cm³/mol. The lowest BCUT2D eigenvalue weighted by atomic mass is 10.0. The van der Waals surface area contributed by atoms with Crippen LogP contribution in [0.4, 0.5) is 0 Å². The first kappa shape index (κ1) is 16.8. The number of ketones is 1. The highest BCUT2D eigenvalue weighted by Gasteiger charge is 2.30. The summed E-state index contributed by atoms with van der Waals surface area (Å²) in [5, 5.41) is 0. The molecule has 1 heterocycles. The Labute approximate surface area is 145 Å². The molecule has 0 saturated carbocycles. The molecule has 0 bridgehead atoms. The highest BCUT2D eigenvalue weighted by molar-refractivity contribution is 6.15. The fourth-order valence-electron chi connectivity index (χ4n) is 2.67. The first-order valence-electron chi connectivity index (χ1n) is 7.83. The van der Waals surface area contributed by atoms with Gasteiger partial charge in [-0.15, -0.1) is 0 Å². The number of rotatable bonds is 4. The number of esters is 1. The van der Waals surface area contributed by atoms with Gasteiger partial charge in [0, 0.05) is 6.07 Å². The summed E-state index contributed by atoms with van der Waals surface area (Å²) in [6.45, 7) is 3.60. The quantitative estimate of drug-likeness (QED) is 0.631. The molecule has 128 valence electrons. The van der Waals surface area contributed by atoms with E-state index in [-0.39, 0.29) is 18.1 Å². The Morgan fingerprint density at radius 3 is 2.72 bits per heavy atom. The summed E-state index contributed by atoms with van der Waals surface area (Å²) in [6, 6.07) is 11.1. The second-order valence-electron chi connectivity index (χ2n) is 5.83. The van der Waals surface area contributed by atoms with E-state index in [0.29, 0.717) is 17.1 Å². The summed E-state index contributed by atoms with van der Waals surface area (Å²) in [5.74, 6) is 0.521. The van der Waals surface area contributed by atoms with Crippen LogP contribution in [0.15, 0.2) is 42.2 Å². The number of ether oxygens (including phenoxy) is 3. The fraction of sp³-hybridized carbons (Fsp3) is 0.200. The monoisotopic (exact) mass is 338 g/mol. The highest BCUT2D eigenvalue weighted by Crippen LogP contribution is 2.37. The third kappa shape index (κ3) is 3.55. The third-order valence-electron chi connectivity index (χ3n) is 3.87. The van der Waals surface area contributed by atoms with Crippen molar-refractivity contribution in [2.24, 2.45) is 0 Å². The number of Topliss-reactive ketones (excluding diaryl/α,β-unsaturated/α-hetero) is 1. The highest BCUT2D eigenvalue weighted by atomic mass is 16.6. The Kier molecular flexibility index (Phi) is 4.57. The Morgan fingerprint density at radius 2 is 2.00 bits per heavy atom. The average Bonchev–Trinajstić information content (AvgIpc) is 2.89. The molecule has 25 heavy (non-hydrogen) atoms. The van der Waals surface area contributed by atoms with Crippen LogP contribution >= 0.6 is 0 Å². The average molecular weight is 338 g/mol. The molecule has 0 radical (unpaired) electrons. The first-order valence-corrected chi connectivity index (χ1v) is 7.83. The number of carbonyl (C=O) groups is 2. The number of aryl methyl sites for hydroxylation is 2. The van der Waals surface area contributed by atoms with Crippen molar-refractivity contribution in [2.45, 2.75) is 13.8 Å². The van der Waals surface area contributed by atoms with E-state index in [1.807, 2.05) is 31.2 Å². The topological polar surface area (TPSA) is 61.8 Å². The number of allylic oxidation sites excluding steroid dienone is 1. The van der Waals surface area contributed by atoms with Crippen LogP contribution in [0.2, 0.25) is 0 Å². The van der Waals surface area contributed by atoms with Crippen molar-refractivity contribution in [3.8, 4) is 11.5 Å². The van der Waals surface area contributed by atoms with Crippen molar-refractivity contribution in [1.29, 1.82) is 0 Å². The number of hydrogen-bond acceptors (Lipinski definition) is 5. The van der Waals surface area contributed by atoms with Gasteiger partial charge in [0.05, 0.1) is 12.7 Å². The number of fused-ring (bicyclic) bond motifs is 1. The molecule has 0 unspecified atom stereocenters. The van der Waals surface area contributed by atoms with Gasteiger partial charge in [-0.1, -0.05) is 29.8 Å². The molecule has 5 heteroatoms. The third-order valence-corrected chi connectivity index (χ3v) is 3.87. The van der Waals surface area contributed by atoms with Crippen LogP contribution in [-0.4, -0.2) is 25.5 Å². The Bertz CT molecular complexity index is 880. The van der Waals surface area contributed by atoms with E-state index in [2.05, 4.69) is 4.74 Å². The predicted octanol–water partition coefficient (Wildman–Crippen LogP) is 3.47. The molecule has 0 fully saturated rings. The molecular formula is C20H18O5. The molecule has 0 aliphatic carbocycles. The van der Waals surface area contributed by atoms with Gasteiger partial charge in [0.15, 0.2) is 12.4 Å². The van der Waals surface area contributed by atoms with Crippen molar-refractivity contribution >= 4 is 17.8 Å². The van der Waals surface area contributed by atoms with Crippen molar-refractivity contribution in [3.63, 3.8) is 0 Å². The molecule has 1 aliphatic heterocycles. The molecule has 0 saturated heterocycles. The van der Waals surface area contributed by atoms with Crippen LogP contribution in [0.1, 0.15) is 27.0 Å². The maximum atomic E-state index is 12.6. The van der Waals surface area contributed by atoms with E-state index < -0.39 is 5.97 Å². The van der Waals surface area contributed by atoms with Crippen molar-refractivity contribution in [2.75, 3.05) is 13.7 Å². The molecule has 0 N–H and O–H groups in total. The summed E-state index contributed by atoms with van der Waals surface area (Å²) in [7, 11) is 1.30. The van der Waals surface area contributed by atoms with Crippen LogP contribution in [0.3, 0.4) is 0 Å². The molecule has 2 aromatic rings. The molecule has 0 spiro atoms. The van der Waals surface area contributed by atoms with Crippen LogP contribution in [0.5, 0.6) is 11.5 Å². The normalized spacial score (nSPS) is 14.2. The summed E-state index contributed by atoms with van der Waals surface area (Å²) in [4.78, 5) is 23.8. The Balaban J connectivity index is 1.88. The first-order chi connectivity index (χ1) is 12.0. The van der Waals surface area contributed by atoms with Gasteiger partial charge in [-0.05, 0) is 37.1 Å². The summed E-state index contributed by atoms with van der Waals surface area (Å²) in [6.07, 6.45) is 1.73. The lowest BCUT2D eigenvalue weighted by Gasteiger charge is -2.08. The molecule has 5 nitrogen and oxygen atoms in total. The van der Waals surface area contributed by atoms with Gasteiger partial charge in [0.25, 0.3) is 0 Å². The molecule has 1 aliphatic rings. The van der Waals surface area contributed by atoms with Gasteiger partial charge in [-0.3, -0.25) is 4.79 Å². The van der Waals surface area contributed by atoms with E-state index >= 15 is 0 Å². The largest absolute Gasteiger partial charge is 0.482 e. The summed E-state index contributed by atoms with van der Waals surface area (Å²) in [5.41, 5.74) is 3.25. The van der Waals surface area contributed by atoms with Crippen LogP contribution in [0.25, 0.3) is 6.08 Å². The van der Waals surface area contributed by atoms with E-state index in [9.17, 15) is 9.59 Å². The van der Waals surface area contributed by atoms with Gasteiger partial charge < -0.3 is 14.2 Å². The minimum Gasteiger partial charge on any atom is -0.482 e. The van der Waals surface area contributed by atoms with E-state index in [0.717, 1.165) is 16.7 Å². The molecule has 0 aromatic heterocycles. The van der Waals surface area contributed by atoms with Gasteiger partial charge in [0.2, 0.25) is 5.78 Å². The fourth-order valence-corrected chi connectivity index (χ4v) is 2.67. The molecular weight excluding hydrogens is 320 g/mol. The Hall–Kier alpha value is -3.08. The van der Waals surface area contributed by atoms with E-state index in [4.69, 9.17) is 9.47 Å². The van der Waals surface area contributed by atoms with E-state index in [1.54, 1.807) is 25.1 Å². The number of hydrogen-bond donors (Lipinski definition) is 0. The standard InChI is InChI=1S/C20H18O5/c1-12-5-4-6-14(7-12)9-17-20(22)19-13(2)8-15(10-16(19)25-17)24-11-18(21)23-3/h4-10H,11H2,1-3H3/b17-9-. The van der Waals surface area contributed by atoms with Gasteiger partial charge in [-0.25, -0.2) is 4.79 Å². The number of methoxy groups -OCH3 is 1. The number of benzene rings is 2.